The fraction of sp³-hybridized carbons (Fsp3) is 0.773. The van der Waals surface area contributed by atoms with Crippen LogP contribution in [0.1, 0.15) is 67.2 Å². The molecule has 0 aromatic carbocycles. The summed E-state index contributed by atoms with van der Waals surface area (Å²) < 4.78 is 0. The molecular weight excluding hydrogens is 430 g/mol. The first-order valence-corrected chi connectivity index (χ1v) is 11.4. The summed E-state index contributed by atoms with van der Waals surface area (Å²) in [5.74, 6) is -4.39. The molecule has 0 rings (SSSR count). The average molecular weight is 472 g/mol. The minimum atomic E-state index is -1.21. The number of carboxylic acid groups (broad SMARTS) is 1. The number of nitrogens with one attached hydrogen (secondary N) is 3. The Morgan fingerprint density at radius 1 is 0.788 bits per heavy atom. The normalized spacial score (nSPS) is 16.6. The van der Waals surface area contributed by atoms with Crippen LogP contribution in [0.15, 0.2) is 0 Å². The first-order chi connectivity index (χ1) is 15.2. The van der Waals surface area contributed by atoms with Gasteiger partial charge in [-0.1, -0.05) is 54.4 Å². The average Bonchev–Trinajstić information content (AvgIpc) is 2.72. The highest BCUT2D eigenvalue weighted by Gasteiger charge is 2.33. The third-order valence-corrected chi connectivity index (χ3v) is 5.67. The molecule has 0 aliphatic rings. The zero-order valence-corrected chi connectivity index (χ0v) is 20.5. The molecule has 4 amide bonds. The number of hydrogen-bond donors (Lipinski definition) is 6. The Kier molecular flexibility index (Phi) is 13.3. The van der Waals surface area contributed by atoms with Crippen molar-refractivity contribution in [2.45, 2.75) is 91.4 Å². The third-order valence-electron chi connectivity index (χ3n) is 5.67. The molecule has 0 aliphatic heterocycles. The lowest BCUT2D eigenvalue weighted by Crippen LogP contribution is -2.59. The SMILES string of the molecule is CCC(C)C(NC(=O)C(CC(C)C)NC(=O)C(NC(=O)C(N)CC(N)=O)C(C)CC)C(=O)O. The fourth-order valence-electron chi connectivity index (χ4n) is 3.17. The summed E-state index contributed by atoms with van der Waals surface area (Å²) in [7, 11) is 0. The van der Waals surface area contributed by atoms with E-state index in [9.17, 15) is 29.1 Å². The molecule has 0 radical (unpaired) electrons. The number of carboxylic acids is 1. The molecule has 0 heterocycles. The maximum Gasteiger partial charge on any atom is 0.326 e. The molecule has 0 aromatic heterocycles. The van der Waals surface area contributed by atoms with Crippen molar-refractivity contribution in [1.82, 2.24) is 16.0 Å². The molecule has 0 fully saturated rings. The summed E-state index contributed by atoms with van der Waals surface area (Å²) in [6.07, 6.45) is 0.990. The molecule has 0 aliphatic carbocycles. The van der Waals surface area contributed by atoms with Gasteiger partial charge in [0.05, 0.1) is 12.5 Å². The zero-order chi connectivity index (χ0) is 25.9. The molecule has 11 heteroatoms. The van der Waals surface area contributed by atoms with Crippen molar-refractivity contribution in [1.29, 1.82) is 0 Å². The van der Waals surface area contributed by atoms with E-state index in [0.717, 1.165) is 0 Å². The van der Waals surface area contributed by atoms with Gasteiger partial charge < -0.3 is 32.5 Å². The Balaban J connectivity index is 5.61. The van der Waals surface area contributed by atoms with Gasteiger partial charge in [-0.15, -0.1) is 0 Å². The van der Waals surface area contributed by atoms with Crippen LogP contribution in [0.2, 0.25) is 0 Å². The van der Waals surface area contributed by atoms with E-state index in [1.807, 2.05) is 27.7 Å². The van der Waals surface area contributed by atoms with Crippen LogP contribution in [0.25, 0.3) is 0 Å². The summed E-state index contributed by atoms with van der Waals surface area (Å²) in [4.78, 5) is 61.0. The monoisotopic (exact) mass is 471 g/mol. The maximum absolute atomic E-state index is 13.1. The smallest absolute Gasteiger partial charge is 0.326 e. The van der Waals surface area contributed by atoms with Crippen LogP contribution < -0.4 is 27.4 Å². The molecule has 6 unspecified atom stereocenters. The van der Waals surface area contributed by atoms with Crippen LogP contribution in [0.4, 0.5) is 0 Å². The first-order valence-electron chi connectivity index (χ1n) is 11.4. The summed E-state index contributed by atoms with van der Waals surface area (Å²) in [5.41, 5.74) is 10.8. The Labute approximate surface area is 195 Å². The van der Waals surface area contributed by atoms with Crippen molar-refractivity contribution in [3.05, 3.63) is 0 Å². The highest BCUT2D eigenvalue weighted by Crippen LogP contribution is 2.13. The second kappa shape index (κ2) is 14.5. The molecular formula is C22H41N5O6. The van der Waals surface area contributed by atoms with Gasteiger partial charge in [-0.05, 0) is 24.2 Å². The number of nitrogens with two attached hydrogens (primary N) is 2. The lowest BCUT2D eigenvalue weighted by atomic mass is 9.95. The molecule has 11 nitrogen and oxygen atoms in total. The highest BCUT2D eigenvalue weighted by molar-refractivity contribution is 5.95. The molecule has 0 saturated heterocycles. The first kappa shape index (κ1) is 30.3. The van der Waals surface area contributed by atoms with Gasteiger partial charge in [0, 0.05) is 0 Å². The minimum Gasteiger partial charge on any atom is -0.480 e. The highest BCUT2D eigenvalue weighted by atomic mass is 16.4. The number of rotatable bonds is 15. The summed E-state index contributed by atoms with van der Waals surface area (Å²) in [6, 6.07) is -4.30. The van der Waals surface area contributed by atoms with Crippen LogP contribution in [0.5, 0.6) is 0 Å². The van der Waals surface area contributed by atoms with Crippen LogP contribution in [0, 0.1) is 17.8 Å². The summed E-state index contributed by atoms with van der Waals surface area (Å²) in [5, 5.41) is 17.2. The Hall–Kier alpha value is -2.69. The van der Waals surface area contributed by atoms with Gasteiger partial charge in [-0.25, -0.2) is 4.79 Å². The number of aliphatic carboxylic acids is 1. The molecule has 0 bridgehead atoms. The van der Waals surface area contributed by atoms with Gasteiger partial charge in [-0.2, -0.15) is 0 Å². The number of hydrogen-bond acceptors (Lipinski definition) is 6. The van der Waals surface area contributed by atoms with Crippen LogP contribution in [0.3, 0.4) is 0 Å². The summed E-state index contributed by atoms with van der Waals surface area (Å²) in [6.45, 7) is 10.9. The van der Waals surface area contributed by atoms with Crippen molar-refractivity contribution in [3.8, 4) is 0 Å². The van der Waals surface area contributed by atoms with E-state index < -0.39 is 53.8 Å². The van der Waals surface area contributed by atoms with Crippen molar-refractivity contribution in [2.75, 3.05) is 0 Å². The predicted octanol–water partition coefficient (Wildman–Crippen LogP) is -0.134. The molecule has 0 spiro atoms. The largest absolute Gasteiger partial charge is 0.480 e. The van der Waals surface area contributed by atoms with E-state index in [1.54, 1.807) is 13.8 Å². The van der Waals surface area contributed by atoms with Crippen molar-refractivity contribution in [3.63, 3.8) is 0 Å². The van der Waals surface area contributed by atoms with Gasteiger partial charge >= 0.3 is 5.97 Å². The molecule has 190 valence electrons. The van der Waals surface area contributed by atoms with Crippen molar-refractivity contribution < 1.29 is 29.1 Å². The van der Waals surface area contributed by atoms with E-state index in [-0.39, 0.29) is 30.6 Å². The topological polar surface area (TPSA) is 194 Å². The predicted molar refractivity (Wildman–Crippen MR) is 124 cm³/mol. The van der Waals surface area contributed by atoms with E-state index in [4.69, 9.17) is 11.5 Å². The standard InChI is InChI=1S/C22H41N5O6/c1-7-12(5)17(26-19(29)14(23)10-16(24)28)21(31)25-15(9-11(3)4)20(30)27-18(22(32)33)13(6)8-2/h11-15,17-18H,7-10,23H2,1-6H3,(H2,24,28)(H,25,31)(H,26,29)(H,27,30)(H,32,33). The van der Waals surface area contributed by atoms with Crippen LogP contribution >= 0.6 is 0 Å². The summed E-state index contributed by atoms with van der Waals surface area (Å²) >= 11 is 0. The van der Waals surface area contributed by atoms with E-state index >= 15 is 0 Å². The quantitative estimate of drug-likeness (QED) is 0.191. The van der Waals surface area contributed by atoms with Crippen molar-refractivity contribution >= 4 is 29.6 Å². The van der Waals surface area contributed by atoms with Gasteiger partial charge in [0.1, 0.15) is 18.1 Å². The number of carbonyl (C=O) groups excluding carboxylic acids is 4. The molecule has 0 saturated carbocycles. The maximum atomic E-state index is 13.1. The van der Waals surface area contributed by atoms with E-state index in [2.05, 4.69) is 16.0 Å². The molecule has 0 aromatic rings. The van der Waals surface area contributed by atoms with Gasteiger partial charge in [0.2, 0.25) is 23.6 Å². The van der Waals surface area contributed by atoms with Crippen molar-refractivity contribution in [2.24, 2.45) is 29.2 Å². The fourth-order valence-corrected chi connectivity index (χ4v) is 3.17. The molecule has 6 atom stereocenters. The number of amides is 4. The second-order valence-electron chi connectivity index (χ2n) is 9.05. The Morgan fingerprint density at radius 2 is 1.27 bits per heavy atom. The zero-order valence-electron chi connectivity index (χ0n) is 20.5. The van der Waals surface area contributed by atoms with Crippen LogP contribution in [-0.4, -0.2) is 58.9 Å². The number of carbonyl (C=O) groups is 5. The van der Waals surface area contributed by atoms with Crippen LogP contribution in [-0.2, 0) is 24.0 Å². The van der Waals surface area contributed by atoms with Gasteiger partial charge in [0.25, 0.3) is 0 Å². The van der Waals surface area contributed by atoms with E-state index in [1.165, 1.54) is 0 Å². The third kappa shape index (κ3) is 10.6. The lowest BCUT2D eigenvalue weighted by Gasteiger charge is -2.29. The lowest BCUT2D eigenvalue weighted by molar-refractivity contribution is -0.144. The second-order valence-corrected chi connectivity index (χ2v) is 9.05. The minimum absolute atomic E-state index is 0.0218. The molecule has 8 N–H and O–H groups in total. The molecule has 33 heavy (non-hydrogen) atoms. The Morgan fingerprint density at radius 3 is 1.70 bits per heavy atom. The van der Waals surface area contributed by atoms with E-state index in [0.29, 0.717) is 12.8 Å². The Bertz CT molecular complexity index is 699. The number of primary amides is 1. The van der Waals surface area contributed by atoms with Gasteiger partial charge in [0.15, 0.2) is 0 Å². The van der Waals surface area contributed by atoms with Gasteiger partial charge in [-0.3, -0.25) is 19.2 Å².